The van der Waals surface area contributed by atoms with Crippen LogP contribution < -0.4 is 0 Å². The van der Waals surface area contributed by atoms with E-state index in [0.29, 0.717) is 16.7 Å². The Bertz CT molecular complexity index is 835. The highest BCUT2D eigenvalue weighted by Crippen LogP contribution is 2.34. The Labute approximate surface area is 169 Å². The van der Waals surface area contributed by atoms with Gasteiger partial charge in [-0.3, -0.25) is 4.90 Å². The molecule has 29 heavy (non-hydrogen) atoms. The van der Waals surface area contributed by atoms with Crippen LogP contribution in [0.5, 0.6) is 0 Å². The fraction of sp³-hybridized carbons (Fsp3) is 0.409. The van der Waals surface area contributed by atoms with Gasteiger partial charge >= 0.3 is 6.55 Å². The van der Waals surface area contributed by atoms with Crippen molar-refractivity contribution >= 4 is 0 Å². The van der Waals surface area contributed by atoms with E-state index in [1.54, 1.807) is 0 Å². The van der Waals surface area contributed by atoms with Gasteiger partial charge in [0.15, 0.2) is 5.82 Å². The van der Waals surface area contributed by atoms with E-state index in [9.17, 15) is 8.78 Å². The summed E-state index contributed by atoms with van der Waals surface area (Å²) in [5.41, 5.74) is 2.60. The Balaban J connectivity index is 1.43. The van der Waals surface area contributed by atoms with Crippen molar-refractivity contribution in [3.63, 3.8) is 0 Å². The summed E-state index contributed by atoms with van der Waals surface area (Å²) in [6, 6.07) is 21.5. The summed E-state index contributed by atoms with van der Waals surface area (Å²) in [5.74, 6) is 0.551. The van der Waals surface area contributed by atoms with Crippen molar-refractivity contribution in [3.05, 3.63) is 77.6 Å². The first-order valence-corrected chi connectivity index (χ1v) is 10.1. The number of alkyl halides is 2. The second-order valence-corrected chi connectivity index (χ2v) is 7.63. The van der Waals surface area contributed by atoms with Gasteiger partial charge in [-0.25, -0.2) is 0 Å². The van der Waals surface area contributed by atoms with Crippen LogP contribution in [0.25, 0.3) is 0 Å². The molecule has 4 rings (SSSR count). The van der Waals surface area contributed by atoms with Gasteiger partial charge in [0.25, 0.3) is 0 Å². The van der Waals surface area contributed by atoms with Gasteiger partial charge in [-0.2, -0.15) is 8.78 Å². The largest absolute Gasteiger partial charge is 0.350 e. The van der Waals surface area contributed by atoms with E-state index in [0.717, 1.165) is 38.8 Å². The maximum atomic E-state index is 12.7. The SMILES string of the molecule is FC(F)n1nnc([C@H]2CC[C@H](N(Cc3ccccc3)Cc3ccccc3)CC2)n1. The first-order valence-electron chi connectivity index (χ1n) is 10.1. The molecule has 1 aliphatic carbocycles. The highest BCUT2D eigenvalue weighted by atomic mass is 19.3. The Hall–Kier alpha value is -2.67. The smallest absolute Gasteiger partial charge is 0.292 e. The molecule has 0 atom stereocenters. The number of hydrogen-bond acceptors (Lipinski definition) is 4. The summed E-state index contributed by atoms with van der Waals surface area (Å²) in [7, 11) is 0. The van der Waals surface area contributed by atoms with Crippen molar-refractivity contribution in [1.82, 2.24) is 25.1 Å². The molecule has 0 spiro atoms. The fourth-order valence-electron chi connectivity index (χ4n) is 4.13. The molecule has 5 nitrogen and oxygen atoms in total. The van der Waals surface area contributed by atoms with E-state index in [4.69, 9.17) is 0 Å². The number of tetrazole rings is 1. The molecule has 0 saturated heterocycles. The first kappa shape index (κ1) is 19.6. The molecular weight excluding hydrogens is 372 g/mol. The van der Waals surface area contributed by atoms with Crippen LogP contribution in [0.2, 0.25) is 0 Å². The molecule has 0 bridgehead atoms. The lowest BCUT2D eigenvalue weighted by atomic mass is 9.84. The molecule has 0 radical (unpaired) electrons. The average molecular weight is 397 g/mol. The number of halogens is 2. The monoisotopic (exact) mass is 397 g/mol. The van der Waals surface area contributed by atoms with Crippen LogP contribution in [0.4, 0.5) is 8.78 Å². The zero-order chi connectivity index (χ0) is 20.1. The summed E-state index contributed by atoms with van der Waals surface area (Å²) in [5, 5.41) is 11.2. The quantitative estimate of drug-likeness (QED) is 0.575. The van der Waals surface area contributed by atoms with Crippen molar-refractivity contribution in [3.8, 4) is 0 Å². The van der Waals surface area contributed by atoms with Gasteiger partial charge in [-0.1, -0.05) is 65.5 Å². The molecule has 0 aliphatic heterocycles. The predicted octanol–water partition coefficient (Wildman–Crippen LogP) is 4.80. The molecule has 3 aromatic rings. The molecule has 7 heteroatoms. The minimum Gasteiger partial charge on any atom is -0.292 e. The van der Waals surface area contributed by atoms with Gasteiger partial charge < -0.3 is 0 Å². The third-order valence-electron chi connectivity index (χ3n) is 5.65. The molecule has 2 aromatic carbocycles. The standard InChI is InChI=1S/C22H25F2N5/c23-22(24)29-26-21(25-27-29)19-11-13-20(14-12-19)28(15-17-7-3-1-4-8-17)16-18-9-5-2-6-10-18/h1-10,19-20,22H,11-16H2/t19-,20-. The number of benzene rings is 2. The predicted molar refractivity (Wildman–Crippen MR) is 106 cm³/mol. The van der Waals surface area contributed by atoms with Gasteiger partial charge in [0.2, 0.25) is 0 Å². The lowest BCUT2D eigenvalue weighted by Crippen LogP contribution is -2.37. The second kappa shape index (κ2) is 9.22. The Morgan fingerprint density at radius 3 is 1.90 bits per heavy atom. The Morgan fingerprint density at radius 2 is 1.41 bits per heavy atom. The summed E-state index contributed by atoms with van der Waals surface area (Å²) < 4.78 is 25.4. The molecule has 0 amide bonds. The van der Waals surface area contributed by atoms with Gasteiger partial charge in [-0.15, -0.1) is 10.2 Å². The third kappa shape index (κ3) is 5.03. The van der Waals surface area contributed by atoms with Crippen molar-refractivity contribution < 1.29 is 8.78 Å². The maximum absolute atomic E-state index is 12.7. The van der Waals surface area contributed by atoms with Crippen molar-refractivity contribution in [2.75, 3.05) is 0 Å². The van der Waals surface area contributed by atoms with Crippen LogP contribution in [-0.4, -0.2) is 31.1 Å². The lowest BCUT2D eigenvalue weighted by Gasteiger charge is -2.36. The zero-order valence-corrected chi connectivity index (χ0v) is 16.2. The molecule has 1 aromatic heterocycles. The molecule has 1 aliphatic rings. The number of nitrogens with zero attached hydrogens (tertiary/aromatic N) is 5. The van der Waals surface area contributed by atoms with E-state index >= 15 is 0 Å². The molecule has 152 valence electrons. The minimum atomic E-state index is -2.74. The summed E-state index contributed by atoms with van der Waals surface area (Å²) in [6.45, 7) is -0.949. The highest BCUT2D eigenvalue weighted by Gasteiger charge is 2.29. The Morgan fingerprint density at radius 1 is 0.862 bits per heavy atom. The Kier molecular flexibility index (Phi) is 6.24. The molecule has 1 saturated carbocycles. The van der Waals surface area contributed by atoms with Crippen LogP contribution in [0.15, 0.2) is 60.7 Å². The van der Waals surface area contributed by atoms with Crippen molar-refractivity contribution in [1.29, 1.82) is 0 Å². The molecule has 0 N–H and O–H groups in total. The second-order valence-electron chi connectivity index (χ2n) is 7.63. The maximum Gasteiger partial charge on any atom is 0.350 e. The van der Waals surface area contributed by atoms with Crippen LogP contribution in [0.3, 0.4) is 0 Å². The van der Waals surface area contributed by atoms with E-state index in [1.165, 1.54) is 11.1 Å². The van der Waals surface area contributed by atoms with Gasteiger partial charge in [-0.05, 0) is 42.0 Å². The van der Waals surface area contributed by atoms with Crippen LogP contribution in [0, 0.1) is 0 Å². The summed E-state index contributed by atoms with van der Waals surface area (Å²) in [6.07, 6.45) is 3.76. The van der Waals surface area contributed by atoms with E-state index in [2.05, 4.69) is 68.8 Å². The number of aromatic nitrogens is 4. The lowest BCUT2D eigenvalue weighted by molar-refractivity contribution is 0.0392. The highest BCUT2D eigenvalue weighted by molar-refractivity contribution is 5.17. The van der Waals surface area contributed by atoms with Crippen LogP contribution in [-0.2, 0) is 13.1 Å². The van der Waals surface area contributed by atoms with Crippen molar-refractivity contribution in [2.45, 2.75) is 57.3 Å². The van der Waals surface area contributed by atoms with Gasteiger partial charge in [0.05, 0.1) is 0 Å². The molecular formula is C22H25F2N5. The van der Waals surface area contributed by atoms with Crippen LogP contribution >= 0.6 is 0 Å². The number of rotatable bonds is 7. The summed E-state index contributed by atoms with van der Waals surface area (Å²) >= 11 is 0. The molecule has 0 unspecified atom stereocenters. The zero-order valence-electron chi connectivity index (χ0n) is 16.2. The van der Waals surface area contributed by atoms with E-state index in [1.807, 2.05) is 12.1 Å². The van der Waals surface area contributed by atoms with Crippen LogP contribution in [0.1, 0.15) is 55.1 Å². The van der Waals surface area contributed by atoms with Crippen molar-refractivity contribution in [2.24, 2.45) is 0 Å². The molecule has 1 fully saturated rings. The number of hydrogen-bond donors (Lipinski definition) is 0. The third-order valence-corrected chi connectivity index (χ3v) is 5.65. The summed E-state index contributed by atoms with van der Waals surface area (Å²) in [4.78, 5) is 2.93. The first-order chi connectivity index (χ1) is 14.2. The van der Waals surface area contributed by atoms with E-state index < -0.39 is 6.55 Å². The molecule has 1 heterocycles. The van der Waals surface area contributed by atoms with E-state index in [-0.39, 0.29) is 5.92 Å². The fourth-order valence-corrected chi connectivity index (χ4v) is 4.13. The van der Waals surface area contributed by atoms with Gasteiger partial charge in [0.1, 0.15) is 0 Å². The normalized spacial score (nSPS) is 19.7. The topological polar surface area (TPSA) is 46.8 Å². The minimum absolute atomic E-state index is 0.106. The van der Waals surface area contributed by atoms with Gasteiger partial charge in [0, 0.05) is 25.0 Å². The average Bonchev–Trinajstić information content (AvgIpc) is 3.26.